The molecule has 0 spiro atoms. The molecule has 1 heterocycles. The van der Waals surface area contributed by atoms with Crippen molar-refractivity contribution >= 4 is 28.5 Å². The molecule has 1 aromatic heterocycles. The number of pyridine rings is 1. The lowest BCUT2D eigenvalue weighted by molar-refractivity contribution is 1.06. The van der Waals surface area contributed by atoms with E-state index in [-0.39, 0.29) is 0 Å². The van der Waals surface area contributed by atoms with Gasteiger partial charge in [0.1, 0.15) is 0 Å². The van der Waals surface area contributed by atoms with Gasteiger partial charge >= 0.3 is 0 Å². The molecule has 0 aliphatic heterocycles. The largest absolute Gasteiger partial charge is 0.252 e. The normalized spacial score (nSPS) is 10.1. The van der Waals surface area contributed by atoms with E-state index in [0.717, 1.165) is 39.7 Å². The minimum atomic E-state index is 0.564. The van der Waals surface area contributed by atoms with Crippen LogP contribution in [-0.2, 0) is 12.8 Å². The average molecular weight is 265 g/mol. The first-order valence-corrected chi connectivity index (χ1v) is 6.58. The van der Waals surface area contributed by atoms with Crippen LogP contribution in [0.3, 0.4) is 0 Å². The fourth-order valence-corrected chi connectivity index (χ4v) is 2.48. The molecule has 0 atom stereocenters. The average Bonchev–Trinajstić information content (AvgIpc) is 2.38. The maximum Gasteiger partial charge on any atom is 0.0709 e. The van der Waals surface area contributed by atoms with Gasteiger partial charge in [0.15, 0.2) is 0 Å². The van der Waals surface area contributed by atoms with E-state index in [1.807, 2.05) is 31.2 Å². The number of benzene rings is 1. The van der Waals surface area contributed by atoms with Crippen LogP contribution in [0.1, 0.15) is 23.7 Å². The monoisotopic (exact) mass is 265 g/mol. The maximum absolute atomic E-state index is 5.49. The first-order chi connectivity index (χ1) is 9.17. The fourth-order valence-electron chi connectivity index (χ4n) is 2.20. The number of rotatable bonds is 4. The third-order valence-electron chi connectivity index (χ3n) is 2.99. The zero-order valence-electron chi connectivity index (χ0n) is 10.9. The molecule has 19 heavy (non-hydrogen) atoms. The maximum atomic E-state index is 5.49. The van der Waals surface area contributed by atoms with Gasteiger partial charge in [-0.15, -0.1) is 12.3 Å². The molecule has 1 aromatic carbocycles. The highest BCUT2D eigenvalue weighted by atomic mass is 32.1. The number of terminal acetylenes is 1. The van der Waals surface area contributed by atoms with Gasteiger partial charge in [0.25, 0.3) is 0 Å². The van der Waals surface area contributed by atoms with Crippen LogP contribution in [0.4, 0.5) is 0 Å². The van der Waals surface area contributed by atoms with Crippen molar-refractivity contribution in [2.45, 2.75) is 19.8 Å². The van der Waals surface area contributed by atoms with Crippen molar-refractivity contribution in [3.8, 4) is 12.3 Å². The van der Waals surface area contributed by atoms with Gasteiger partial charge in [0.2, 0.25) is 0 Å². The third kappa shape index (κ3) is 2.72. The van der Waals surface area contributed by atoms with Gasteiger partial charge in [-0.3, -0.25) is 4.98 Å². The summed E-state index contributed by atoms with van der Waals surface area (Å²) < 4.78 is 0. The molecule has 0 N–H and O–H groups in total. The molecule has 0 saturated heterocycles. The van der Waals surface area contributed by atoms with Gasteiger partial charge in [-0.2, -0.15) is 0 Å². The second-order valence-corrected chi connectivity index (χ2v) is 4.84. The number of fused-ring (bicyclic) bond motifs is 1. The first-order valence-electron chi connectivity index (χ1n) is 6.11. The first kappa shape index (κ1) is 13.5. The number of hydrogen-bond donors (Lipinski definition) is 0. The quantitative estimate of drug-likeness (QED) is 0.473. The lowest BCUT2D eigenvalue weighted by Crippen LogP contribution is -2.04. The zero-order chi connectivity index (χ0) is 13.8. The molecule has 0 aliphatic carbocycles. The molecular weight excluding hydrogens is 250 g/mol. The van der Waals surface area contributed by atoms with Crippen LogP contribution in [0.15, 0.2) is 36.4 Å². The second kappa shape index (κ2) is 5.77. The van der Waals surface area contributed by atoms with E-state index < -0.39 is 0 Å². The van der Waals surface area contributed by atoms with Crippen LogP contribution in [-0.4, -0.2) is 10.4 Å². The minimum absolute atomic E-state index is 0.564. The zero-order valence-corrected chi connectivity index (χ0v) is 11.8. The van der Waals surface area contributed by atoms with E-state index in [1.54, 1.807) is 5.37 Å². The highest BCUT2D eigenvalue weighted by Gasteiger charge is 2.12. The molecule has 94 valence electrons. The highest BCUT2D eigenvalue weighted by molar-refractivity contribution is 7.79. The van der Waals surface area contributed by atoms with Crippen LogP contribution < -0.4 is 0 Å². The van der Waals surface area contributed by atoms with Crippen molar-refractivity contribution in [3.63, 3.8) is 0 Å². The summed E-state index contributed by atoms with van der Waals surface area (Å²) in [5.41, 5.74) is 5.07. The highest BCUT2D eigenvalue weighted by Crippen LogP contribution is 2.24. The van der Waals surface area contributed by atoms with E-state index in [0.29, 0.717) is 6.42 Å². The van der Waals surface area contributed by atoms with Gasteiger partial charge < -0.3 is 0 Å². The van der Waals surface area contributed by atoms with Gasteiger partial charge in [0.05, 0.1) is 11.2 Å². The Labute approximate surface area is 119 Å². The molecule has 0 fully saturated rings. The van der Waals surface area contributed by atoms with E-state index in [1.165, 1.54) is 0 Å². The van der Waals surface area contributed by atoms with Gasteiger partial charge in [0, 0.05) is 29.2 Å². The lowest BCUT2D eigenvalue weighted by Gasteiger charge is -2.13. The summed E-state index contributed by atoms with van der Waals surface area (Å²) in [6.07, 6.45) is 6.78. The summed E-state index contributed by atoms with van der Waals surface area (Å²) in [5, 5.41) is 2.77. The molecule has 0 saturated carbocycles. The molecule has 0 amide bonds. The topological polar surface area (TPSA) is 12.9 Å². The Balaban J connectivity index is 2.79. The lowest BCUT2D eigenvalue weighted by atomic mass is 9.96. The molecule has 0 radical (unpaired) electrons. The fraction of sp³-hybridized carbons (Fsp3) is 0.176. The molecule has 0 unspecified atom stereocenters. The smallest absolute Gasteiger partial charge is 0.0709 e. The van der Waals surface area contributed by atoms with Gasteiger partial charge in [-0.1, -0.05) is 42.6 Å². The standard InChI is InChI=1S/C17H15NS/c1-4-7-13-14-8-5-6-9-16(14)18-17(10-12(2)3)15(13)11-19/h1,5-6,8-9,11H,2,7,10H2,3H3. The van der Waals surface area contributed by atoms with E-state index in [4.69, 9.17) is 23.6 Å². The summed E-state index contributed by atoms with van der Waals surface area (Å²) in [5.74, 6) is 2.71. The van der Waals surface area contributed by atoms with Gasteiger partial charge in [-0.25, -0.2) is 0 Å². The Morgan fingerprint density at radius 2 is 2.21 bits per heavy atom. The minimum Gasteiger partial charge on any atom is -0.252 e. The number of thiocarbonyl (C=S) groups is 1. The van der Waals surface area contributed by atoms with Crippen LogP contribution in [0.25, 0.3) is 10.9 Å². The molecule has 1 nitrogen and oxygen atoms in total. The Morgan fingerprint density at radius 3 is 2.84 bits per heavy atom. The number of nitrogens with zero attached hydrogens (tertiary/aromatic N) is 1. The van der Waals surface area contributed by atoms with Crippen LogP contribution in [0.2, 0.25) is 0 Å². The van der Waals surface area contributed by atoms with E-state index in [2.05, 4.69) is 12.5 Å². The molecule has 2 rings (SSSR count). The summed E-state index contributed by atoms with van der Waals surface area (Å²) >= 11 is 5.16. The summed E-state index contributed by atoms with van der Waals surface area (Å²) in [4.78, 5) is 4.70. The molecule has 2 aromatic rings. The third-order valence-corrected chi connectivity index (χ3v) is 3.22. The van der Waals surface area contributed by atoms with Crippen molar-refractivity contribution in [1.82, 2.24) is 4.98 Å². The predicted octanol–water partition coefficient (Wildman–Crippen LogP) is 3.88. The van der Waals surface area contributed by atoms with Crippen molar-refractivity contribution in [2.75, 3.05) is 0 Å². The van der Waals surface area contributed by atoms with Crippen LogP contribution in [0.5, 0.6) is 0 Å². The number of hydrogen-bond acceptors (Lipinski definition) is 2. The predicted molar refractivity (Wildman–Crippen MR) is 85.6 cm³/mol. The molecular formula is C17H15NS. The molecule has 0 bridgehead atoms. The van der Waals surface area contributed by atoms with Crippen molar-refractivity contribution in [2.24, 2.45) is 0 Å². The number of allylic oxidation sites excluding steroid dienone is 1. The van der Waals surface area contributed by atoms with E-state index in [9.17, 15) is 0 Å². The summed E-state index contributed by atoms with van der Waals surface area (Å²) in [6, 6.07) is 8.03. The summed E-state index contributed by atoms with van der Waals surface area (Å²) in [7, 11) is 0. The van der Waals surface area contributed by atoms with Crippen molar-refractivity contribution in [1.29, 1.82) is 0 Å². The molecule has 2 heteroatoms. The second-order valence-electron chi connectivity index (χ2n) is 4.60. The number of para-hydroxylation sites is 1. The van der Waals surface area contributed by atoms with E-state index >= 15 is 0 Å². The Kier molecular flexibility index (Phi) is 4.09. The number of aromatic nitrogens is 1. The van der Waals surface area contributed by atoms with Gasteiger partial charge in [-0.05, 0) is 18.6 Å². The van der Waals surface area contributed by atoms with Crippen molar-refractivity contribution in [3.05, 3.63) is 53.2 Å². The Morgan fingerprint density at radius 1 is 1.47 bits per heavy atom. The van der Waals surface area contributed by atoms with Crippen molar-refractivity contribution < 1.29 is 0 Å². The Bertz CT molecular complexity index is 692. The Hall–Kier alpha value is -1.98. The van der Waals surface area contributed by atoms with Crippen LogP contribution in [0, 0.1) is 12.3 Å². The SMILES string of the molecule is C#CCc1c(C=S)c(CC(=C)C)nc2ccccc12. The summed E-state index contributed by atoms with van der Waals surface area (Å²) in [6.45, 7) is 5.94. The molecule has 0 aliphatic rings. The van der Waals surface area contributed by atoms with Crippen LogP contribution >= 0.6 is 12.2 Å².